The second-order valence-corrected chi connectivity index (χ2v) is 6.32. The monoisotopic (exact) mass is 281 g/mol. The first-order valence-corrected chi connectivity index (χ1v) is 7.71. The highest BCUT2D eigenvalue weighted by Gasteiger charge is 2.29. The molecule has 0 bridgehead atoms. The Kier molecular flexibility index (Phi) is 3.98. The van der Waals surface area contributed by atoms with Gasteiger partial charge in [0.25, 0.3) is 0 Å². The van der Waals surface area contributed by atoms with E-state index in [1.807, 2.05) is 12.1 Å². The van der Waals surface area contributed by atoms with Crippen LogP contribution in [0.5, 0.6) is 5.75 Å². The molecule has 2 nitrogen and oxygen atoms in total. The van der Waals surface area contributed by atoms with Gasteiger partial charge in [-0.25, -0.2) is 0 Å². The molecule has 110 valence electrons. The summed E-state index contributed by atoms with van der Waals surface area (Å²) in [5.74, 6) is 1.91. The average molecular weight is 281 g/mol. The Morgan fingerprint density at radius 3 is 2.52 bits per heavy atom. The van der Waals surface area contributed by atoms with Crippen LogP contribution in [0.25, 0.3) is 0 Å². The summed E-state index contributed by atoms with van der Waals surface area (Å²) in [5.41, 5.74) is 10.3. The first-order valence-electron chi connectivity index (χ1n) is 7.71. The van der Waals surface area contributed by atoms with Crippen LogP contribution in [0.1, 0.15) is 42.5 Å². The lowest BCUT2D eigenvalue weighted by Gasteiger charge is -2.19. The summed E-state index contributed by atoms with van der Waals surface area (Å²) in [5, 5.41) is 0. The van der Waals surface area contributed by atoms with E-state index in [1.54, 1.807) is 0 Å². The molecule has 21 heavy (non-hydrogen) atoms. The van der Waals surface area contributed by atoms with Gasteiger partial charge in [-0.05, 0) is 29.5 Å². The number of hydrogen-bond donors (Lipinski definition) is 1. The van der Waals surface area contributed by atoms with Crippen molar-refractivity contribution in [1.82, 2.24) is 0 Å². The van der Waals surface area contributed by atoms with E-state index in [4.69, 9.17) is 10.5 Å². The van der Waals surface area contributed by atoms with Crippen LogP contribution < -0.4 is 10.5 Å². The zero-order chi connectivity index (χ0) is 14.8. The van der Waals surface area contributed by atoms with Crippen LogP contribution in [-0.2, 0) is 6.42 Å². The average Bonchev–Trinajstić information content (AvgIpc) is 2.90. The van der Waals surface area contributed by atoms with Gasteiger partial charge >= 0.3 is 0 Å². The van der Waals surface area contributed by atoms with Crippen molar-refractivity contribution in [2.75, 3.05) is 6.61 Å². The smallest absolute Gasteiger partial charge is 0.122 e. The molecule has 0 radical (unpaired) electrons. The van der Waals surface area contributed by atoms with Gasteiger partial charge in [0.2, 0.25) is 0 Å². The third-order valence-corrected chi connectivity index (χ3v) is 4.18. The van der Waals surface area contributed by atoms with Crippen molar-refractivity contribution >= 4 is 0 Å². The van der Waals surface area contributed by atoms with Gasteiger partial charge in [-0.3, -0.25) is 0 Å². The number of hydrogen-bond acceptors (Lipinski definition) is 2. The van der Waals surface area contributed by atoms with Gasteiger partial charge in [0, 0.05) is 17.5 Å². The van der Waals surface area contributed by atoms with Crippen molar-refractivity contribution in [3.8, 4) is 5.75 Å². The summed E-state index contributed by atoms with van der Waals surface area (Å²) in [6.45, 7) is 5.16. The Hall–Kier alpha value is -1.80. The summed E-state index contributed by atoms with van der Waals surface area (Å²) >= 11 is 0. The van der Waals surface area contributed by atoms with E-state index in [0.29, 0.717) is 12.5 Å². The molecule has 2 atom stereocenters. The molecule has 2 unspecified atom stereocenters. The minimum absolute atomic E-state index is 0.0123. The Bertz CT molecular complexity index is 603. The molecule has 0 fully saturated rings. The molecule has 1 aliphatic heterocycles. The van der Waals surface area contributed by atoms with Crippen LogP contribution in [0.3, 0.4) is 0 Å². The number of benzene rings is 2. The van der Waals surface area contributed by atoms with Crippen LogP contribution in [-0.4, -0.2) is 6.61 Å². The Balaban J connectivity index is 1.78. The summed E-state index contributed by atoms with van der Waals surface area (Å²) in [7, 11) is 0. The lowest BCUT2D eigenvalue weighted by molar-refractivity contribution is 0.315. The third-order valence-electron chi connectivity index (χ3n) is 4.18. The molecule has 2 N–H and O–H groups in total. The molecule has 0 amide bonds. The van der Waals surface area contributed by atoms with Gasteiger partial charge in [-0.1, -0.05) is 56.3 Å². The fourth-order valence-electron chi connectivity index (χ4n) is 3.06. The first kappa shape index (κ1) is 14.2. The summed E-state index contributed by atoms with van der Waals surface area (Å²) in [6.07, 6.45) is 1.12. The highest BCUT2D eigenvalue weighted by molar-refractivity contribution is 5.42. The largest absolute Gasteiger partial charge is 0.493 e. The van der Waals surface area contributed by atoms with Crippen molar-refractivity contribution < 1.29 is 4.74 Å². The lowest BCUT2D eigenvalue weighted by Crippen LogP contribution is -2.21. The molecule has 2 aromatic carbocycles. The fraction of sp³-hybridized carbons (Fsp3) is 0.368. The SMILES string of the molecule is CC(C)Cc1ccc(C(N)C2COc3ccccc32)cc1. The molecular weight excluding hydrogens is 258 g/mol. The Labute approximate surface area is 126 Å². The molecule has 3 rings (SSSR count). The van der Waals surface area contributed by atoms with Crippen molar-refractivity contribution in [3.05, 3.63) is 65.2 Å². The molecule has 0 saturated heterocycles. The van der Waals surface area contributed by atoms with E-state index >= 15 is 0 Å². The van der Waals surface area contributed by atoms with Gasteiger partial charge in [-0.15, -0.1) is 0 Å². The Morgan fingerprint density at radius 2 is 1.81 bits per heavy atom. The number of ether oxygens (including phenoxy) is 1. The summed E-state index contributed by atoms with van der Waals surface area (Å²) in [6, 6.07) is 16.9. The van der Waals surface area contributed by atoms with E-state index < -0.39 is 0 Å². The predicted octanol–water partition coefficient (Wildman–Crippen LogP) is 4.06. The number of fused-ring (bicyclic) bond motifs is 1. The minimum Gasteiger partial charge on any atom is -0.493 e. The van der Waals surface area contributed by atoms with E-state index in [0.717, 1.165) is 12.2 Å². The topological polar surface area (TPSA) is 35.2 Å². The maximum atomic E-state index is 6.49. The summed E-state index contributed by atoms with van der Waals surface area (Å²) < 4.78 is 5.75. The maximum Gasteiger partial charge on any atom is 0.122 e. The second-order valence-electron chi connectivity index (χ2n) is 6.32. The maximum absolute atomic E-state index is 6.49. The predicted molar refractivity (Wildman–Crippen MR) is 86.6 cm³/mol. The number of para-hydroxylation sites is 1. The molecule has 2 aromatic rings. The molecule has 0 aromatic heterocycles. The number of rotatable bonds is 4. The lowest BCUT2D eigenvalue weighted by atomic mass is 9.88. The van der Waals surface area contributed by atoms with Crippen LogP contribution >= 0.6 is 0 Å². The molecule has 1 heterocycles. The molecule has 1 aliphatic rings. The van der Waals surface area contributed by atoms with Crippen molar-refractivity contribution in [2.45, 2.75) is 32.2 Å². The van der Waals surface area contributed by atoms with E-state index in [-0.39, 0.29) is 12.0 Å². The third kappa shape index (κ3) is 2.96. The van der Waals surface area contributed by atoms with Gasteiger partial charge < -0.3 is 10.5 Å². The second kappa shape index (κ2) is 5.90. The molecule has 0 aliphatic carbocycles. The zero-order valence-electron chi connectivity index (χ0n) is 12.8. The highest BCUT2D eigenvalue weighted by Crippen LogP contribution is 2.39. The summed E-state index contributed by atoms with van der Waals surface area (Å²) in [4.78, 5) is 0. The zero-order valence-corrected chi connectivity index (χ0v) is 12.8. The van der Waals surface area contributed by atoms with Crippen molar-refractivity contribution in [3.63, 3.8) is 0 Å². The first-order chi connectivity index (χ1) is 10.1. The number of nitrogens with two attached hydrogens (primary N) is 1. The van der Waals surface area contributed by atoms with E-state index in [2.05, 4.69) is 50.2 Å². The van der Waals surface area contributed by atoms with Crippen molar-refractivity contribution in [1.29, 1.82) is 0 Å². The highest BCUT2D eigenvalue weighted by atomic mass is 16.5. The standard InChI is InChI=1S/C19H23NO/c1-13(2)11-14-7-9-15(10-8-14)19(20)17-12-21-18-6-4-3-5-16(17)18/h3-10,13,17,19H,11-12,20H2,1-2H3. The molecule has 0 saturated carbocycles. The van der Waals surface area contributed by atoms with Gasteiger partial charge in [-0.2, -0.15) is 0 Å². The molecule has 2 heteroatoms. The van der Waals surface area contributed by atoms with Crippen LogP contribution in [0.4, 0.5) is 0 Å². The van der Waals surface area contributed by atoms with E-state index in [9.17, 15) is 0 Å². The van der Waals surface area contributed by atoms with Crippen molar-refractivity contribution in [2.24, 2.45) is 11.7 Å². The minimum atomic E-state index is -0.0123. The molecular formula is C19H23NO. The van der Waals surface area contributed by atoms with Crippen LogP contribution in [0, 0.1) is 5.92 Å². The normalized spacial score (nSPS) is 18.4. The quantitative estimate of drug-likeness (QED) is 0.917. The van der Waals surface area contributed by atoms with E-state index in [1.165, 1.54) is 16.7 Å². The van der Waals surface area contributed by atoms with Gasteiger partial charge in [0.15, 0.2) is 0 Å². The Morgan fingerprint density at radius 1 is 1.10 bits per heavy atom. The van der Waals surface area contributed by atoms with Gasteiger partial charge in [0.1, 0.15) is 5.75 Å². The molecule has 0 spiro atoms. The fourth-order valence-corrected chi connectivity index (χ4v) is 3.06. The van der Waals surface area contributed by atoms with Gasteiger partial charge in [0.05, 0.1) is 6.61 Å². The van der Waals surface area contributed by atoms with Crippen LogP contribution in [0.15, 0.2) is 48.5 Å². The van der Waals surface area contributed by atoms with Crippen LogP contribution in [0.2, 0.25) is 0 Å².